The number of rotatable bonds is 6. The van der Waals surface area contributed by atoms with Crippen LogP contribution in [-0.2, 0) is 9.53 Å². The fourth-order valence-corrected chi connectivity index (χ4v) is 1.58. The Morgan fingerprint density at radius 3 is 2.57 bits per heavy atom. The first kappa shape index (κ1) is 13.5. The Bertz CT molecular complexity index is 201. The van der Waals surface area contributed by atoms with E-state index in [9.17, 15) is 4.79 Å². The van der Waals surface area contributed by atoms with Crippen molar-refractivity contribution in [3.05, 3.63) is 12.2 Å². The van der Waals surface area contributed by atoms with Crippen molar-refractivity contribution in [2.45, 2.75) is 45.6 Å². The summed E-state index contributed by atoms with van der Waals surface area (Å²) in [7, 11) is 0. The van der Waals surface area contributed by atoms with Crippen molar-refractivity contribution in [3.63, 3.8) is 0 Å². The second kappa shape index (κ2) is 6.88. The summed E-state index contributed by atoms with van der Waals surface area (Å²) in [5.74, 6) is 0.0779. The zero-order valence-electron chi connectivity index (χ0n) is 9.18. The first-order valence-electron chi connectivity index (χ1n) is 4.97. The maximum atomic E-state index is 11.1. The van der Waals surface area contributed by atoms with Crippen LogP contribution in [0.3, 0.4) is 0 Å². The van der Waals surface area contributed by atoms with Crippen LogP contribution in [0, 0.1) is 5.92 Å². The summed E-state index contributed by atoms with van der Waals surface area (Å²) >= 11 is 5.87. The molecule has 0 aliphatic carbocycles. The molecule has 0 saturated carbocycles. The van der Waals surface area contributed by atoms with E-state index in [-0.39, 0.29) is 0 Å². The summed E-state index contributed by atoms with van der Waals surface area (Å²) in [6.45, 7) is 9.33. The van der Waals surface area contributed by atoms with Gasteiger partial charge in [-0.15, -0.1) is 0 Å². The molecule has 0 bridgehead atoms. The van der Waals surface area contributed by atoms with Gasteiger partial charge in [0.2, 0.25) is 0 Å². The highest BCUT2D eigenvalue weighted by molar-refractivity contribution is 6.20. The predicted molar refractivity (Wildman–Crippen MR) is 59.2 cm³/mol. The maximum absolute atomic E-state index is 11.1. The van der Waals surface area contributed by atoms with Gasteiger partial charge in [0.15, 0.2) is 5.56 Å². The van der Waals surface area contributed by atoms with Crippen LogP contribution in [0.25, 0.3) is 0 Å². The van der Waals surface area contributed by atoms with Gasteiger partial charge in [-0.1, -0.05) is 44.9 Å². The van der Waals surface area contributed by atoms with Crippen molar-refractivity contribution < 1.29 is 9.53 Å². The summed E-state index contributed by atoms with van der Waals surface area (Å²) < 4.78 is 4.96. The average molecular weight is 219 g/mol. The van der Waals surface area contributed by atoms with Gasteiger partial charge < -0.3 is 4.74 Å². The second-order valence-electron chi connectivity index (χ2n) is 3.73. The number of carbonyl (C=O) groups is 1. The Hall–Kier alpha value is -0.500. The van der Waals surface area contributed by atoms with Crippen LogP contribution in [-0.4, -0.2) is 11.5 Å². The summed E-state index contributed by atoms with van der Waals surface area (Å²) in [5, 5.41) is 0. The van der Waals surface area contributed by atoms with E-state index in [0.717, 1.165) is 12.8 Å². The number of carbonyl (C=O) groups excluding carboxylic acids is 1. The van der Waals surface area contributed by atoms with E-state index in [1.54, 1.807) is 6.92 Å². The second-order valence-corrected chi connectivity index (χ2v) is 4.21. The van der Waals surface area contributed by atoms with Crippen LogP contribution in [0.1, 0.15) is 40.0 Å². The van der Waals surface area contributed by atoms with Crippen molar-refractivity contribution in [1.82, 2.24) is 0 Å². The first-order chi connectivity index (χ1) is 6.47. The molecule has 0 rings (SSSR count). The summed E-state index contributed by atoms with van der Waals surface area (Å²) in [4.78, 5) is 11.1. The van der Waals surface area contributed by atoms with Gasteiger partial charge in [0.05, 0.1) is 0 Å². The normalized spacial score (nSPS) is 14.6. The Morgan fingerprint density at radius 2 is 2.14 bits per heavy atom. The highest BCUT2D eigenvalue weighted by Crippen LogP contribution is 2.17. The molecule has 0 aromatic carbocycles. The number of ether oxygens (including phenoxy) is 1. The van der Waals surface area contributed by atoms with Gasteiger partial charge in [0.25, 0.3) is 0 Å². The van der Waals surface area contributed by atoms with Gasteiger partial charge >= 0.3 is 5.97 Å². The number of hydrogen-bond donors (Lipinski definition) is 0. The van der Waals surface area contributed by atoms with E-state index in [1.165, 1.54) is 0 Å². The molecule has 2 nitrogen and oxygen atoms in total. The van der Waals surface area contributed by atoms with E-state index in [2.05, 4.69) is 20.4 Å². The van der Waals surface area contributed by atoms with Gasteiger partial charge in [-0.05, 0) is 12.8 Å². The molecular formula is C11H19ClO2. The van der Waals surface area contributed by atoms with Crippen LogP contribution >= 0.6 is 11.6 Å². The lowest BCUT2D eigenvalue weighted by Gasteiger charge is -2.15. The molecule has 0 spiro atoms. The highest BCUT2D eigenvalue weighted by Gasteiger charge is 2.14. The molecule has 2 unspecified atom stereocenters. The van der Waals surface area contributed by atoms with Gasteiger partial charge in [0.1, 0.15) is 0 Å². The lowest BCUT2D eigenvalue weighted by molar-refractivity contribution is -0.141. The number of hydrogen-bond acceptors (Lipinski definition) is 2. The molecule has 0 aliphatic rings. The fourth-order valence-electron chi connectivity index (χ4n) is 1.19. The van der Waals surface area contributed by atoms with Crippen molar-refractivity contribution >= 4 is 17.6 Å². The molecule has 0 aromatic heterocycles. The third kappa shape index (κ3) is 6.03. The molecule has 82 valence electrons. The molecule has 0 aliphatic heterocycles. The highest BCUT2D eigenvalue weighted by atomic mass is 35.5. The summed E-state index contributed by atoms with van der Waals surface area (Å²) in [6, 6.07) is 0. The van der Waals surface area contributed by atoms with Gasteiger partial charge in [0, 0.05) is 12.0 Å². The minimum absolute atomic E-state index is 0.388. The Morgan fingerprint density at radius 1 is 1.57 bits per heavy atom. The molecule has 0 amide bonds. The molecule has 0 fully saturated rings. The Labute approximate surface area is 91.3 Å². The fraction of sp³-hybridized carbons (Fsp3) is 0.727. The average Bonchev–Trinajstić information content (AvgIpc) is 2.03. The van der Waals surface area contributed by atoms with Crippen LogP contribution in [0.4, 0.5) is 0 Å². The van der Waals surface area contributed by atoms with Crippen LogP contribution in [0.15, 0.2) is 12.2 Å². The maximum Gasteiger partial charge on any atom is 0.334 e. The molecule has 0 aromatic rings. The molecule has 0 heterocycles. The molecule has 14 heavy (non-hydrogen) atoms. The molecule has 2 atom stereocenters. The molecule has 0 N–H and O–H groups in total. The first-order valence-corrected chi connectivity index (χ1v) is 5.41. The third-order valence-corrected chi connectivity index (χ3v) is 2.22. The van der Waals surface area contributed by atoms with E-state index in [0.29, 0.717) is 17.9 Å². The smallest absolute Gasteiger partial charge is 0.334 e. The zero-order chi connectivity index (χ0) is 11.1. The van der Waals surface area contributed by atoms with Gasteiger partial charge in [-0.3, -0.25) is 0 Å². The van der Waals surface area contributed by atoms with Crippen LogP contribution < -0.4 is 0 Å². The van der Waals surface area contributed by atoms with Crippen molar-refractivity contribution in [2.24, 2.45) is 5.92 Å². The van der Waals surface area contributed by atoms with Crippen LogP contribution in [0.5, 0.6) is 0 Å². The molecule has 3 heteroatoms. The minimum atomic E-state index is -0.527. The Kier molecular flexibility index (Phi) is 6.64. The monoisotopic (exact) mass is 218 g/mol. The number of alkyl halides is 1. The molecular weight excluding hydrogens is 200 g/mol. The number of esters is 1. The van der Waals surface area contributed by atoms with Crippen molar-refractivity contribution in [3.8, 4) is 0 Å². The van der Waals surface area contributed by atoms with E-state index in [1.807, 2.05) is 0 Å². The van der Waals surface area contributed by atoms with Gasteiger partial charge in [-0.25, -0.2) is 4.79 Å². The Balaban J connectivity index is 3.80. The van der Waals surface area contributed by atoms with Crippen molar-refractivity contribution in [2.75, 3.05) is 0 Å². The van der Waals surface area contributed by atoms with E-state index in [4.69, 9.17) is 16.3 Å². The zero-order valence-corrected chi connectivity index (χ0v) is 9.93. The SMILES string of the molecule is C=C(C)C(=O)OC(Cl)CC(C)CCC. The van der Waals surface area contributed by atoms with E-state index >= 15 is 0 Å². The minimum Gasteiger partial charge on any atom is -0.443 e. The predicted octanol–water partition coefficient (Wildman–Crippen LogP) is 3.50. The molecule has 0 saturated heterocycles. The topological polar surface area (TPSA) is 26.3 Å². The third-order valence-electron chi connectivity index (χ3n) is 1.95. The largest absolute Gasteiger partial charge is 0.443 e. The molecule has 0 radical (unpaired) electrons. The van der Waals surface area contributed by atoms with E-state index < -0.39 is 11.5 Å². The van der Waals surface area contributed by atoms with Gasteiger partial charge in [-0.2, -0.15) is 0 Å². The summed E-state index contributed by atoms with van der Waals surface area (Å²) in [5.41, 5.74) is -0.139. The lowest BCUT2D eigenvalue weighted by atomic mass is 10.0. The lowest BCUT2D eigenvalue weighted by Crippen LogP contribution is -2.15. The van der Waals surface area contributed by atoms with Crippen molar-refractivity contribution in [1.29, 1.82) is 0 Å². The van der Waals surface area contributed by atoms with Crippen LogP contribution in [0.2, 0.25) is 0 Å². The summed E-state index contributed by atoms with van der Waals surface area (Å²) in [6.07, 6.45) is 2.93. The quantitative estimate of drug-likeness (QED) is 0.388. The number of halogens is 1. The standard InChI is InChI=1S/C11H19ClO2/c1-5-6-9(4)7-10(12)14-11(13)8(2)3/h9-10H,2,5-7H2,1,3-4H3.